The van der Waals surface area contributed by atoms with Crippen molar-refractivity contribution in [1.82, 2.24) is 9.55 Å². The molecule has 0 amide bonds. The van der Waals surface area contributed by atoms with Crippen molar-refractivity contribution in [3.05, 3.63) is 32.6 Å². The first kappa shape index (κ1) is 32.2. The molecule has 15 nitrogen and oxygen atoms in total. The Hall–Kier alpha value is -3.06. The van der Waals surface area contributed by atoms with Crippen LogP contribution in [0.15, 0.2) is 15.8 Å². The maximum Gasteiger partial charge on any atom is 0.510 e. The number of aromatic amines is 1. The van der Waals surface area contributed by atoms with E-state index >= 15 is 4.39 Å². The second kappa shape index (κ2) is 14.4. The van der Waals surface area contributed by atoms with E-state index in [-0.39, 0.29) is 5.56 Å². The highest BCUT2D eigenvalue weighted by Crippen LogP contribution is 2.44. The molecule has 0 radical (unpaired) electrons. The van der Waals surface area contributed by atoms with Gasteiger partial charge in [-0.2, -0.15) is 0 Å². The maximum absolute atomic E-state index is 15.1. The Labute approximate surface area is 223 Å². The predicted molar refractivity (Wildman–Crippen MR) is 129 cm³/mol. The highest BCUT2D eigenvalue weighted by molar-refractivity contribution is 7.41. The van der Waals surface area contributed by atoms with E-state index in [0.717, 1.165) is 10.8 Å². The molecule has 1 fully saturated rings. The number of carbonyl (C=O) groups is 2. The highest BCUT2D eigenvalue weighted by atomic mass is 31.2. The van der Waals surface area contributed by atoms with Gasteiger partial charge in [0.05, 0.1) is 18.8 Å². The average Bonchev–Trinajstić information content (AvgIpc) is 3.09. The molecule has 1 aromatic rings. The molecule has 2 rings (SSSR count). The molecule has 218 valence electrons. The zero-order valence-electron chi connectivity index (χ0n) is 21.8. The van der Waals surface area contributed by atoms with Crippen LogP contribution < -0.4 is 11.2 Å². The van der Waals surface area contributed by atoms with Gasteiger partial charge >= 0.3 is 26.6 Å². The van der Waals surface area contributed by atoms with E-state index in [0.29, 0.717) is 0 Å². The Balaban J connectivity index is 2.13. The number of halogens is 1. The van der Waals surface area contributed by atoms with Crippen LogP contribution in [0.4, 0.5) is 14.0 Å². The summed E-state index contributed by atoms with van der Waals surface area (Å²) < 4.78 is 56.3. The van der Waals surface area contributed by atoms with Crippen molar-refractivity contribution in [3.63, 3.8) is 0 Å². The third-order valence-electron chi connectivity index (χ3n) is 4.77. The molecule has 0 bridgehead atoms. The molecule has 2 N–H and O–H groups in total. The molecule has 17 heteroatoms. The van der Waals surface area contributed by atoms with Gasteiger partial charge in [0, 0.05) is 11.8 Å². The minimum Gasteiger partial charge on any atom is -0.432 e. The number of alkyl halides is 1. The van der Waals surface area contributed by atoms with Crippen LogP contribution in [-0.4, -0.2) is 77.2 Å². The number of aliphatic hydroxyl groups is 1. The zero-order chi connectivity index (χ0) is 29.3. The summed E-state index contributed by atoms with van der Waals surface area (Å²) in [6.07, 6.45) is -2.41. The fraction of sp³-hybridized carbons (Fsp3) is 0.636. The second-order valence-corrected chi connectivity index (χ2v) is 9.74. The summed E-state index contributed by atoms with van der Waals surface area (Å²) in [6, 6.07) is 0. The largest absolute Gasteiger partial charge is 0.510 e. The molecule has 0 aromatic carbocycles. The van der Waals surface area contributed by atoms with Gasteiger partial charge in [0.1, 0.15) is 6.10 Å². The molecule has 2 heterocycles. The molecule has 1 aromatic heterocycles. The Morgan fingerprint density at radius 1 is 1.15 bits per heavy atom. The molecule has 1 aliphatic heterocycles. The molecule has 4 atom stereocenters. The molecular weight excluding hydrogens is 550 g/mol. The summed E-state index contributed by atoms with van der Waals surface area (Å²) in [5.74, 6) is 2.11. The first-order chi connectivity index (χ1) is 18.3. The Bertz CT molecular complexity index is 1120. The summed E-state index contributed by atoms with van der Waals surface area (Å²) in [7, 11) is -2.52. The van der Waals surface area contributed by atoms with Crippen LogP contribution in [0, 0.1) is 19.3 Å². The summed E-state index contributed by atoms with van der Waals surface area (Å²) >= 11 is 0. The number of hydrogen-bond donors (Lipinski definition) is 2. The Kier molecular flexibility index (Phi) is 11.8. The number of ether oxygens (including phenoxy) is 5. The number of carbonyl (C=O) groups excluding carboxylic acids is 2. The van der Waals surface area contributed by atoms with Gasteiger partial charge in [0.15, 0.2) is 18.0 Å². The van der Waals surface area contributed by atoms with Crippen molar-refractivity contribution in [2.45, 2.75) is 70.9 Å². The standard InChI is InChI=1S/C22H30FN2O13P/c1-7-22(16(26)15(23)18(38-22)25-8-14(6)17(27)24-19(25)28)9-33-39(34-10-31-20(29)36-12(2)3)35-11-32-21(30)37-13(4)5/h1,8,12-13,15-16,18,26H,9-11H2,2-6H3,(H,24,27,28)/t15?,16-,18?,22?/m0/s1. The number of aryl methyl sites for hydroxylation is 1. The van der Waals surface area contributed by atoms with Gasteiger partial charge in [0.25, 0.3) is 5.56 Å². The van der Waals surface area contributed by atoms with Crippen molar-refractivity contribution in [2.75, 3.05) is 20.2 Å². The van der Waals surface area contributed by atoms with Gasteiger partial charge < -0.3 is 33.3 Å². The smallest absolute Gasteiger partial charge is 0.432 e. The van der Waals surface area contributed by atoms with Crippen LogP contribution in [0.3, 0.4) is 0 Å². The van der Waals surface area contributed by atoms with Crippen LogP contribution in [-0.2, 0) is 37.3 Å². The van der Waals surface area contributed by atoms with Crippen molar-refractivity contribution >= 4 is 20.9 Å². The fourth-order valence-corrected chi connectivity index (χ4v) is 3.78. The summed E-state index contributed by atoms with van der Waals surface area (Å²) in [5.41, 5.74) is -3.76. The molecule has 1 aliphatic rings. The van der Waals surface area contributed by atoms with Crippen LogP contribution in [0.1, 0.15) is 39.5 Å². The van der Waals surface area contributed by atoms with E-state index in [2.05, 4.69) is 5.92 Å². The van der Waals surface area contributed by atoms with Crippen LogP contribution in [0.25, 0.3) is 0 Å². The number of aromatic nitrogens is 2. The normalized spacial score (nSPS) is 22.6. The van der Waals surface area contributed by atoms with Crippen LogP contribution in [0.5, 0.6) is 0 Å². The molecule has 39 heavy (non-hydrogen) atoms. The molecule has 0 spiro atoms. The lowest BCUT2D eigenvalue weighted by molar-refractivity contribution is -0.0946. The first-order valence-corrected chi connectivity index (χ1v) is 12.5. The van der Waals surface area contributed by atoms with Crippen molar-refractivity contribution in [3.8, 4) is 12.3 Å². The Morgan fingerprint density at radius 3 is 2.18 bits per heavy atom. The van der Waals surface area contributed by atoms with Crippen LogP contribution >= 0.6 is 8.60 Å². The number of H-pyrrole nitrogens is 1. The van der Waals surface area contributed by atoms with E-state index in [1.807, 2.05) is 4.98 Å². The first-order valence-electron chi connectivity index (χ1n) is 11.4. The monoisotopic (exact) mass is 580 g/mol. The lowest BCUT2D eigenvalue weighted by Gasteiger charge is -2.27. The SMILES string of the molecule is C#CC1(COP(OCOC(=O)OC(C)C)OCOC(=O)OC(C)C)OC(n2cc(C)c(=O)[nH]c2=O)C(F)[C@@H]1O. The van der Waals surface area contributed by atoms with Crippen molar-refractivity contribution in [1.29, 1.82) is 0 Å². The minimum atomic E-state index is -2.52. The fourth-order valence-electron chi connectivity index (χ4n) is 2.98. The number of hydrogen-bond acceptors (Lipinski definition) is 13. The third-order valence-corrected chi connectivity index (χ3v) is 5.74. The minimum absolute atomic E-state index is 0.0756. The number of aliphatic hydroxyl groups excluding tert-OH is 1. The molecule has 0 aliphatic carbocycles. The van der Waals surface area contributed by atoms with E-state index in [1.165, 1.54) is 6.92 Å². The lowest BCUT2D eigenvalue weighted by Crippen LogP contribution is -2.44. The average molecular weight is 580 g/mol. The Morgan fingerprint density at radius 2 is 1.69 bits per heavy atom. The molecule has 0 saturated carbocycles. The quantitative estimate of drug-likeness (QED) is 0.158. The highest BCUT2D eigenvalue weighted by Gasteiger charge is 2.56. The van der Waals surface area contributed by atoms with E-state index in [1.54, 1.807) is 27.7 Å². The predicted octanol–water partition coefficient (Wildman–Crippen LogP) is 1.76. The second-order valence-electron chi connectivity index (χ2n) is 8.52. The maximum atomic E-state index is 15.1. The van der Waals surface area contributed by atoms with Crippen LogP contribution in [0.2, 0.25) is 0 Å². The zero-order valence-corrected chi connectivity index (χ0v) is 22.7. The van der Waals surface area contributed by atoms with Gasteiger partial charge in [-0.15, -0.1) is 6.42 Å². The summed E-state index contributed by atoms with van der Waals surface area (Å²) in [5, 5.41) is 10.6. The topological polar surface area (TPSA) is 183 Å². The van der Waals surface area contributed by atoms with E-state index in [4.69, 9.17) is 43.7 Å². The van der Waals surface area contributed by atoms with Gasteiger partial charge in [-0.1, -0.05) is 5.92 Å². The summed E-state index contributed by atoms with van der Waals surface area (Å²) in [4.78, 5) is 49.0. The molecule has 1 saturated heterocycles. The molecular formula is C22H30FN2O13P. The van der Waals surface area contributed by atoms with Crippen molar-refractivity contribution < 1.29 is 56.3 Å². The number of terminal acetylenes is 1. The number of nitrogens with one attached hydrogen (secondary N) is 1. The van der Waals surface area contributed by atoms with E-state index < -0.39 is 88.7 Å². The third kappa shape index (κ3) is 8.99. The van der Waals surface area contributed by atoms with Gasteiger partial charge in [-0.05, 0) is 34.6 Å². The number of nitrogens with zero attached hydrogens (tertiary/aromatic N) is 1. The van der Waals surface area contributed by atoms with Gasteiger partial charge in [-0.25, -0.2) is 18.8 Å². The van der Waals surface area contributed by atoms with Crippen molar-refractivity contribution in [2.24, 2.45) is 0 Å². The van der Waals surface area contributed by atoms with E-state index in [9.17, 15) is 24.3 Å². The number of rotatable bonds is 12. The van der Waals surface area contributed by atoms with Gasteiger partial charge in [0.2, 0.25) is 13.6 Å². The molecule has 3 unspecified atom stereocenters. The lowest BCUT2D eigenvalue weighted by atomic mass is 9.98. The van der Waals surface area contributed by atoms with Gasteiger partial charge in [-0.3, -0.25) is 23.4 Å². The summed E-state index contributed by atoms with van der Waals surface area (Å²) in [6.45, 7) is 5.52.